The number of nitrogens with one attached hydrogen (secondary N) is 4. The molecule has 0 aliphatic carbocycles. The molecular formula is C19H25N9O. The van der Waals surface area contributed by atoms with Gasteiger partial charge in [0.1, 0.15) is 11.9 Å². The van der Waals surface area contributed by atoms with E-state index in [0.717, 1.165) is 32.5 Å². The van der Waals surface area contributed by atoms with Gasteiger partial charge in [-0.15, -0.1) is 10.2 Å². The summed E-state index contributed by atoms with van der Waals surface area (Å²) in [6, 6.07) is 3.66. The van der Waals surface area contributed by atoms with E-state index in [1.807, 2.05) is 19.9 Å². The number of nitriles is 1. The quantitative estimate of drug-likeness (QED) is 0.548. The van der Waals surface area contributed by atoms with Crippen molar-refractivity contribution in [2.75, 3.05) is 30.3 Å². The van der Waals surface area contributed by atoms with Gasteiger partial charge in [0.2, 0.25) is 0 Å². The van der Waals surface area contributed by atoms with Crippen molar-refractivity contribution in [1.29, 1.82) is 5.26 Å². The summed E-state index contributed by atoms with van der Waals surface area (Å²) < 4.78 is 0. The first-order chi connectivity index (χ1) is 14.0. The van der Waals surface area contributed by atoms with E-state index in [2.05, 4.69) is 41.4 Å². The molecule has 1 aliphatic heterocycles. The Balaban J connectivity index is 1.78. The van der Waals surface area contributed by atoms with Crippen LogP contribution in [0.5, 0.6) is 0 Å². The zero-order valence-corrected chi connectivity index (χ0v) is 16.6. The molecule has 0 saturated carbocycles. The summed E-state index contributed by atoms with van der Waals surface area (Å²) in [5, 5.41) is 29.6. The molecule has 1 saturated heterocycles. The summed E-state index contributed by atoms with van der Waals surface area (Å²) >= 11 is 0. The molecule has 2 aromatic heterocycles. The van der Waals surface area contributed by atoms with Crippen LogP contribution in [0.3, 0.4) is 0 Å². The van der Waals surface area contributed by atoms with Crippen LogP contribution in [-0.4, -0.2) is 51.7 Å². The lowest BCUT2D eigenvalue weighted by atomic mass is 9.98. The highest BCUT2D eigenvalue weighted by Gasteiger charge is 2.19. The second kappa shape index (κ2) is 9.75. The lowest BCUT2D eigenvalue weighted by molar-refractivity contribution is 0.0938. The lowest BCUT2D eigenvalue weighted by Gasteiger charge is -2.23. The number of rotatable bonds is 7. The maximum Gasteiger partial charge on any atom is 0.274 e. The van der Waals surface area contributed by atoms with Crippen molar-refractivity contribution < 1.29 is 4.79 Å². The third kappa shape index (κ3) is 5.83. The molecule has 10 heteroatoms. The molecule has 10 nitrogen and oxygen atoms in total. The van der Waals surface area contributed by atoms with Crippen LogP contribution in [0.15, 0.2) is 18.5 Å². The Morgan fingerprint density at radius 1 is 1.24 bits per heavy atom. The van der Waals surface area contributed by atoms with E-state index < -0.39 is 0 Å². The molecule has 1 amide bonds. The molecule has 0 radical (unpaired) electrons. The van der Waals surface area contributed by atoms with Gasteiger partial charge in [0, 0.05) is 18.7 Å². The Morgan fingerprint density at radius 2 is 2.03 bits per heavy atom. The van der Waals surface area contributed by atoms with E-state index in [0.29, 0.717) is 23.2 Å². The van der Waals surface area contributed by atoms with Gasteiger partial charge >= 0.3 is 0 Å². The van der Waals surface area contributed by atoms with Gasteiger partial charge < -0.3 is 21.3 Å². The van der Waals surface area contributed by atoms with Gasteiger partial charge in [0.25, 0.3) is 5.91 Å². The van der Waals surface area contributed by atoms with Gasteiger partial charge in [-0.3, -0.25) is 4.79 Å². The van der Waals surface area contributed by atoms with Crippen LogP contribution in [0.1, 0.15) is 42.9 Å². The number of carbonyl (C=O) groups excluding carboxylic acids is 1. The number of carbonyl (C=O) groups is 1. The summed E-state index contributed by atoms with van der Waals surface area (Å²) in [5.74, 6) is 1.12. The maximum absolute atomic E-state index is 12.5. The molecule has 0 bridgehead atoms. The lowest BCUT2D eigenvalue weighted by Crippen LogP contribution is -2.33. The average Bonchev–Trinajstić information content (AvgIpc) is 2.73. The molecule has 3 rings (SSSR count). The number of anilines is 3. The van der Waals surface area contributed by atoms with Crippen molar-refractivity contribution in [3.8, 4) is 6.07 Å². The predicted octanol–water partition coefficient (Wildman–Crippen LogP) is 1.43. The van der Waals surface area contributed by atoms with Gasteiger partial charge in [0.15, 0.2) is 17.2 Å². The molecule has 4 N–H and O–H groups in total. The van der Waals surface area contributed by atoms with Crippen molar-refractivity contribution in [3.63, 3.8) is 0 Å². The Kier molecular flexibility index (Phi) is 6.86. The SMILES string of the molecule is CC(C)NC(=O)c1nnc(Nc2cnc(C#N)cn2)cc1NCC1CCNCC1. The minimum atomic E-state index is -0.273. The number of aromatic nitrogens is 4. The van der Waals surface area contributed by atoms with E-state index in [9.17, 15) is 4.79 Å². The van der Waals surface area contributed by atoms with E-state index in [1.54, 1.807) is 6.07 Å². The number of piperidine rings is 1. The highest BCUT2D eigenvalue weighted by atomic mass is 16.2. The summed E-state index contributed by atoms with van der Waals surface area (Å²) in [6.45, 7) is 6.56. The van der Waals surface area contributed by atoms with E-state index in [-0.39, 0.29) is 23.3 Å². The van der Waals surface area contributed by atoms with Gasteiger partial charge in [-0.1, -0.05) is 0 Å². The smallest absolute Gasteiger partial charge is 0.274 e. The topological polar surface area (TPSA) is 141 Å². The van der Waals surface area contributed by atoms with E-state index in [1.165, 1.54) is 12.4 Å². The van der Waals surface area contributed by atoms with Crippen LogP contribution in [0, 0.1) is 17.2 Å². The third-order valence-corrected chi connectivity index (χ3v) is 4.49. The minimum absolute atomic E-state index is 0.00621. The molecule has 0 spiro atoms. The highest BCUT2D eigenvalue weighted by Crippen LogP contribution is 2.21. The zero-order chi connectivity index (χ0) is 20.6. The largest absolute Gasteiger partial charge is 0.383 e. The molecule has 2 aromatic rings. The van der Waals surface area contributed by atoms with Crippen molar-refractivity contribution in [2.45, 2.75) is 32.7 Å². The Labute approximate surface area is 169 Å². The van der Waals surface area contributed by atoms with Gasteiger partial charge in [-0.2, -0.15) is 5.26 Å². The number of nitrogens with zero attached hydrogens (tertiary/aromatic N) is 5. The fourth-order valence-corrected chi connectivity index (χ4v) is 3.01. The fraction of sp³-hybridized carbons (Fsp3) is 0.474. The standard InChI is InChI=1S/C19H25N9O/c1-12(2)25-19(29)18-15(23-9-13-3-5-21-6-4-13)7-16(27-28-18)26-17-11-22-14(8-20)10-24-17/h7,10-13,21H,3-6,9H2,1-2H3,(H,25,29)(H2,23,24,26,27). The Bertz CT molecular complexity index is 870. The van der Waals surface area contributed by atoms with E-state index in [4.69, 9.17) is 5.26 Å². The van der Waals surface area contributed by atoms with Crippen LogP contribution in [-0.2, 0) is 0 Å². The number of hydrogen-bond donors (Lipinski definition) is 4. The first-order valence-electron chi connectivity index (χ1n) is 9.67. The molecular weight excluding hydrogens is 370 g/mol. The summed E-state index contributed by atoms with van der Waals surface area (Å²) in [5.41, 5.74) is 1.09. The van der Waals surface area contributed by atoms with Crippen molar-refractivity contribution in [1.82, 2.24) is 30.8 Å². The first-order valence-corrected chi connectivity index (χ1v) is 9.67. The fourth-order valence-electron chi connectivity index (χ4n) is 3.01. The van der Waals surface area contributed by atoms with Crippen molar-refractivity contribution in [3.05, 3.63) is 29.8 Å². The van der Waals surface area contributed by atoms with Crippen LogP contribution >= 0.6 is 0 Å². The monoisotopic (exact) mass is 395 g/mol. The zero-order valence-electron chi connectivity index (χ0n) is 16.6. The van der Waals surface area contributed by atoms with Crippen molar-refractivity contribution >= 4 is 23.2 Å². The van der Waals surface area contributed by atoms with Gasteiger partial charge in [-0.05, 0) is 45.7 Å². The maximum atomic E-state index is 12.5. The minimum Gasteiger partial charge on any atom is -0.383 e. The van der Waals surface area contributed by atoms with Crippen molar-refractivity contribution in [2.24, 2.45) is 5.92 Å². The molecule has 152 valence electrons. The van der Waals surface area contributed by atoms with Gasteiger partial charge in [-0.25, -0.2) is 9.97 Å². The van der Waals surface area contributed by atoms with Crippen LogP contribution in [0.25, 0.3) is 0 Å². The molecule has 0 atom stereocenters. The predicted molar refractivity (Wildman–Crippen MR) is 109 cm³/mol. The molecule has 0 aromatic carbocycles. The molecule has 1 fully saturated rings. The van der Waals surface area contributed by atoms with Crippen LogP contribution in [0.4, 0.5) is 17.3 Å². The Morgan fingerprint density at radius 3 is 2.69 bits per heavy atom. The number of amides is 1. The first kappa shape index (κ1) is 20.4. The molecule has 29 heavy (non-hydrogen) atoms. The van der Waals surface area contributed by atoms with E-state index >= 15 is 0 Å². The highest BCUT2D eigenvalue weighted by molar-refractivity contribution is 5.98. The van der Waals surface area contributed by atoms with Gasteiger partial charge in [0.05, 0.1) is 18.1 Å². The second-order valence-electron chi connectivity index (χ2n) is 7.22. The molecule has 1 aliphatic rings. The molecule has 3 heterocycles. The third-order valence-electron chi connectivity index (χ3n) is 4.49. The number of hydrogen-bond acceptors (Lipinski definition) is 9. The second-order valence-corrected chi connectivity index (χ2v) is 7.22. The summed E-state index contributed by atoms with van der Waals surface area (Å²) in [4.78, 5) is 20.6. The molecule has 0 unspecified atom stereocenters. The van der Waals surface area contributed by atoms with Crippen LogP contribution in [0.2, 0.25) is 0 Å². The summed E-state index contributed by atoms with van der Waals surface area (Å²) in [7, 11) is 0. The van der Waals surface area contributed by atoms with Crippen LogP contribution < -0.4 is 21.3 Å². The summed E-state index contributed by atoms with van der Waals surface area (Å²) in [6.07, 6.45) is 4.99. The average molecular weight is 395 g/mol. The normalized spacial score (nSPS) is 14.3. The Hall–Kier alpha value is -3.32.